The number of ether oxygens (including phenoxy) is 2. The molecule has 4 rings (SSSR count). The van der Waals surface area contributed by atoms with Gasteiger partial charge in [0.25, 0.3) is 0 Å². The van der Waals surface area contributed by atoms with Crippen molar-refractivity contribution in [1.82, 2.24) is 5.32 Å². The smallest absolute Gasteiger partial charge is 0.337 e. The number of hydrogen-bond acceptors (Lipinski definition) is 6. The number of hydrogen-bond donors (Lipinski definition) is 2. The van der Waals surface area contributed by atoms with Crippen molar-refractivity contribution in [2.24, 2.45) is 5.41 Å². The number of nitrogens with one attached hydrogen (secondary N) is 1. The van der Waals surface area contributed by atoms with Gasteiger partial charge in [0.2, 0.25) is 0 Å². The van der Waals surface area contributed by atoms with E-state index in [1.165, 1.54) is 6.42 Å². The molecule has 0 bridgehead atoms. The number of rotatable bonds is 5. The Morgan fingerprint density at radius 1 is 1.18 bits per heavy atom. The second-order valence-electron chi connectivity index (χ2n) is 10.3. The molecular formula is C27H35NO5. The molecule has 3 aliphatic rings. The van der Waals surface area contributed by atoms with E-state index in [0.29, 0.717) is 29.9 Å². The number of benzene rings is 1. The summed E-state index contributed by atoms with van der Waals surface area (Å²) in [6.07, 6.45) is 6.13. The van der Waals surface area contributed by atoms with Crippen LogP contribution in [-0.4, -0.2) is 29.6 Å². The van der Waals surface area contributed by atoms with Gasteiger partial charge in [-0.05, 0) is 69.1 Å². The Morgan fingerprint density at radius 2 is 1.91 bits per heavy atom. The molecule has 2 N–H and O–H groups in total. The zero-order chi connectivity index (χ0) is 23.8. The van der Waals surface area contributed by atoms with Crippen molar-refractivity contribution in [3.8, 4) is 11.5 Å². The third-order valence-corrected chi connectivity index (χ3v) is 6.90. The normalized spacial score (nSPS) is 23.2. The first-order chi connectivity index (χ1) is 15.7. The maximum Gasteiger partial charge on any atom is 0.337 e. The van der Waals surface area contributed by atoms with Crippen LogP contribution in [0.25, 0.3) is 0 Å². The predicted octanol–water partition coefficient (Wildman–Crippen LogP) is 5.27. The molecule has 2 aliphatic carbocycles. The van der Waals surface area contributed by atoms with Crippen LogP contribution in [0.5, 0.6) is 11.5 Å². The van der Waals surface area contributed by atoms with Crippen molar-refractivity contribution < 1.29 is 24.2 Å². The summed E-state index contributed by atoms with van der Waals surface area (Å²) in [4.78, 5) is 26.9. The van der Waals surface area contributed by atoms with Crippen LogP contribution in [0.4, 0.5) is 0 Å². The second-order valence-corrected chi connectivity index (χ2v) is 10.3. The number of carbonyl (C=O) groups excluding carboxylic acids is 2. The molecule has 33 heavy (non-hydrogen) atoms. The van der Waals surface area contributed by atoms with Crippen LogP contribution in [0.15, 0.2) is 40.7 Å². The van der Waals surface area contributed by atoms with E-state index in [4.69, 9.17) is 9.47 Å². The predicted molar refractivity (Wildman–Crippen MR) is 126 cm³/mol. The lowest BCUT2D eigenvalue weighted by Gasteiger charge is -2.39. The summed E-state index contributed by atoms with van der Waals surface area (Å²) in [6.45, 7) is 8.30. The molecule has 1 aromatic carbocycles. The van der Waals surface area contributed by atoms with Gasteiger partial charge >= 0.3 is 5.97 Å². The van der Waals surface area contributed by atoms with Gasteiger partial charge in [0.1, 0.15) is 6.10 Å². The van der Waals surface area contributed by atoms with Gasteiger partial charge in [-0.15, -0.1) is 0 Å². The van der Waals surface area contributed by atoms with Crippen LogP contribution >= 0.6 is 0 Å². The van der Waals surface area contributed by atoms with Gasteiger partial charge in [0, 0.05) is 29.3 Å². The Balaban J connectivity index is 1.79. The van der Waals surface area contributed by atoms with Crippen LogP contribution in [-0.2, 0) is 14.3 Å². The minimum atomic E-state index is -0.555. The molecule has 6 nitrogen and oxygen atoms in total. The Morgan fingerprint density at radius 3 is 2.61 bits per heavy atom. The zero-order valence-corrected chi connectivity index (χ0v) is 20.1. The lowest BCUT2D eigenvalue weighted by Crippen LogP contribution is -2.39. The Kier molecular flexibility index (Phi) is 6.55. The molecule has 178 valence electrons. The average molecular weight is 454 g/mol. The highest BCUT2D eigenvalue weighted by Gasteiger charge is 2.43. The fraction of sp³-hybridized carbons (Fsp3) is 0.556. The molecule has 1 aromatic rings. The van der Waals surface area contributed by atoms with Crippen LogP contribution in [0, 0.1) is 5.41 Å². The van der Waals surface area contributed by atoms with E-state index in [-0.39, 0.29) is 29.0 Å². The lowest BCUT2D eigenvalue weighted by atomic mass is 9.68. The summed E-state index contributed by atoms with van der Waals surface area (Å²) in [5, 5.41) is 13.6. The zero-order valence-electron chi connectivity index (χ0n) is 20.1. The van der Waals surface area contributed by atoms with Gasteiger partial charge in [-0.2, -0.15) is 0 Å². The van der Waals surface area contributed by atoms with Gasteiger partial charge in [-0.1, -0.05) is 26.3 Å². The SMILES string of the molecule is CCOc1cc([C@@H]2C(C(=O)OC3CCCCC3)=C(C)NC3=C2C(=O)CC(C)(C)C3)ccc1O. The lowest BCUT2D eigenvalue weighted by molar-refractivity contribution is -0.146. The van der Waals surface area contributed by atoms with Gasteiger partial charge in [0.05, 0.1) is 12.2 Å². The highest BCUT2D eigenvalue weighted by molar-refractivity contribution is 6.04. The van der Waals surface area contributed by atoms with Crippen molar-refractivity contribution >= 4 is 11.8 Å². The number of Topliss-reactive ketones (excluding diaryl/α,β-unsaturated/α-hetero) is 1. The molecule has 0 saturated heterocycles. The van der Waals surface area contributed by atoms with Gasteiger partial charge in [-0.3, -0.25) is 4.79 Å². The fourth-order valence-electron chi connectivity index (χ4n) is 5.42. The van der Waals surface area contributed by atoms with E-state index in [1.54, 1.807) is 18.2 Å². The number of carbonyl (C=O) groups is 2. The highest BCUT2D eigenvalue weighted by Crippen LogP contribution is 2.48. The van der Waals surface area contributed by atoms with E-state index in [1.807, 2.05) is 13.8 Å². The highest BCUT2D eigenvalue weighted by atomic mass is 16.5. The van der Waals surface area contributed by atoms with Crippen molar-refractivity contribution in [1.29, 1.82) is 0 Å². The standard InChI is InChI=1S/C27H35NO5/c1-5-32-22-13-17(11-12-20(22)29)24-23(26(31)33-18-9-7-6-8-10-18)16(2)28-19-14-27(3,4)15-21(30)25(19)24/h11-13,18,24,28-29H,5-10,14-15H2,1-4H3/t24-/m1/s1. The average Bonchev–Trinajstić information content (AvgIpc) is 2.74. The van der Waals surface area contributed by atoms with Gasteiger partial charge in [-0.25, -0.2) is 4.79 Å². The van der Waals surface area contributed by atoms with Crippen LogP contribution in [0.2, 0.25) is 0 Å². The maximum absolute atomic E-state index is 13.5. The van der Waals surface area contributed by atoms with Gasteiger partial charge in [0.15, 0.2) is 17.3 Å². The Hall–Kier alpha value is -2.76. The molecule has 1 saturated carbocycles. The number of ketones is 1. The quantitative estimate of drug-likeness (QED) is 0.591. The number of phenols is 1. The number of dihydropyridines is 1. The third kappa shape index (κ3) is 4.80. The fourth-order valence-corrected chi connectivity index (χ4v) is 5.42. The topological polar surface area (TPSA) is 84.9 Å². The minimum absolute atomic E-state index is 0.0341. The van der Waals surface area contributed by atoms with E-state index in [2.05, 4.69) is 19.2 Å². The molecule has 0 radical (unpaired) electrons. The Bertz CT molecular complexity index is 1010. The summed E-state index contributed by atoms with van der Waals surface area (Å²) < 4.78 is 11.6. The monoisotopic (exact) mass is 453 g/mol. The molecule has 6 heteroatoms. The molecule has 1 heterocycles. The Labute approximate surface area is 196 Å². The third-order valence-electron chi connectivity index (χ3n) is 6.90. The molecule has 1 aliphatic heterocycles. The summed E-state index contributed by atoms with van der Waals surface area (Å²) in [7, 11) is 0. The van der Waals surface area contributed by atoms with Crippen LogP contribution < -0.4 is 10.1 Å². The van der Waals surface area contributed by atoms with E-state index >= 15 is 0 Å². The van der Waals surface area contributed by atoms with Crippen molar-refractivity contribution in [3.05, 3.63) is 46.3 Å². The summed E-state index contributed by atoms with van der Waals surface area (Å²) in [6, 6.07) is 5.08. The summed E-state index contributed by atoms with van der Waals surface area (Å²) in [5.74, 6) is -0.503. The van der Waals surface area contributed by atoms with Crippen molar-refractivity contribution in [2.75, 3.05) is 6.61 Å². The van der Waals surface area contributed by atoms with Crippen LogP contribution in [0.1, 0.15) is 84.1 Å². The van der Waals surface area contributed by atoms with E-state index in [0.717, 1.165) is 49.1 Å². The summed E-state index contributed by atoms with van der Waals surface area (Å²) >= 11 is 0. The first kappa shape index (κ1) is 23.4. The largest absolute Gasteiger partial charge is 0.504 e. The second kappa shape index (κ2) is 9.24. The number of allylic oxidation sites excluding steroid dienone is 3. The molecule has 0 aromatic heterocycles. The number of esters is 1. The maximum atomic E-state index is 13.5. The number of aromatic hydroxyl groups is 1. The van der Waals surface area contributed by atoms with E-state index < -0.39 is 5.92 Å². The van der Waals surface area contributed by atoms with Crippen molar-refractivity contribution in [2.45, 2.75) is 84.7 Å². The van der Waals surface area contributed by atoms with Crippen LogP contribution in [0.3, 0.4) is 0 Å². The molecule has 0 unspecified atom stereocenters. The van der Waals surface area contributed by atoms with Gasteiger partial charge < -0.3 is 19.9 Å². The van der Waals surface area contributed by atoms with E-state index in [9.17, 15) is 14.7 Å². The molecule has 1 atom stereocenters. The van der Waals surface area contributed by atoms with Crippen molar-refractivity contribution in [3.63, 3.8) is 0 Å². The first-order valence-electron chi connectivity index (χ1n) is 12.1. The first-order valence-corrected chi connectivity index (χ1v) is 12.1. The molecule has 1 fully saturated rings. The molecule has 0 amide bonds. The molecule has 0 spiro atoms. The number of phenolic OH excluding ortho intramolecular Hbond substituents is 1. The summed E-state index contributed by atoms with van der Waals surface area (Å²) in [5.41, 5.74) is 3.28. The molecular weight excluding hydrogens is 418 g/mol. The minimum Gasteiger partial charge on any atom is -0.504 e.